The van der Waals surface area contributed by atoms with Crippen LogP contribution in [0.25, 0.3) is 22.3 Å². The maximum Gasteiger partial charge on any atom is 0.355 e. The van der Waals surface area contributed by atoms with Crippen LogP contribution in [-0.4, -0.2) is 26.4 Å². The zero-order valence-corrected chi connectivity index (χ0v) is 20.5. The van der Waals surface area contributed by atoms with Crippen molar-refractivity contribution >= 4 is 28.5 Å². The average Bonchev–Trinajstić information content (AvgIpc) is 3.30. The first kappa shape index (κ1) is 24.0. The van der Waals surface area contributed by atoms with Crippen LogP contribution in [0.3, 0.4) is 0 Å². The van der Waals surface area contributed by atoms with E-state index in [-0.39, 0.29) is 47.5 Å². The lowest BCUT2D eigenvalue weighted by atomic mass is 9.85. The summed E-state index contributed by atoms with van der Waals surface area (Å²) in [4.78, 5) is 55.8. The molecule has 2 aliphatic rings. The molecule has 0 bridgehead atoms. The van der Waals surface area contributed by atoms with E-state index >= 15 is 0 Å². The number of benzene rings is 2. The van der Waals surface area contributed by atoms with Gasteiger partial charge in [0, 0.05) is 17.2 Å². The Hall–Kier alpha value is -5.37. The summed E-state index contributed by atoms with van der Waals surface area (Å²) in [5, 5.41) is 21.3. The highest BCUT2D eigenvalue weighted by Gasteiger charge is 2.50. The Morgan fingerprint density at radius 1 is 1.23 bits per heavy atom. The first-order valence-electron chi connectivity index (χ1n) is 12.0. The van der Waals surface area contributed by atoms with E-state index in [1.165, 1.54) is 28.8 Å². The van der Waals surface area contributed by atoms with Gasteiger partial charge in [-0.15, -0.1) is 0 Å². The Labute approximate surface area is 220 Å². The molecule has 11 heteroatoms. The number of nitrogens with zero attached hydrogens (tertiary/aromatic N) is 4. The third-order valence-electron chi connectivity index (χ3n) is 7.23. The molecule has 0 radical (unpaired) electrons. The number of nitro benzene ring substituents is 1. The number of rotatable bonds is 4. The van der Waals surface area contributed by atoms with E-state index < -0.39 is 28.0 Å². The number of nitriles is 1. The lowest BCUT2D eigenvalue weighted by molar-refractivity contribution is -0.383. The highest BCUT2D eigenvalue weighted by Crippen LogP contribution is 2.42. The summed E-state index contributed by atoms with van der Waals surface area (Å²) in [6.07, 6.45) is -0.0353. The van der Waals surface area contributed by atoms with Crippen LogP contribution in [0.15, 0.2) is 59.4 Å². The number of fused-ring (bicyclic) bond motifs is 5. The second-order valence-electron chi connectivity index (χ2n) is 9.21. The van der Waals surface area contributed by atoms with E-state index in [9.17, 15) is 29.8 Å². The number of nitro groups is 1. The Kier molecular flexibility index (Phi) is 5.29. The molecule has 0 aliphatic carbocycles. The van der Waals surface area contributed by atoms with Crippen molar-refractivity contribution in [2.24, 2.45) is 0 Å². The van der Waals surface area contributed by atoms with Crippen molar-refractivity contribution in [2.45, 2.75) is 32.1 Å². The van der Waals surface area contributed by atoms with Gasteiger partial charge in [-0.3, -0.25) is 14.9 Å². The summed E-state index contributed by atoms with van der Waals surface area (Å²) in [6.45, 7) is 1.44. The van der Waals surface area contributed by atoms with Crippen LogP contribution in [0.5, 0.6) is 0 Å². The lowest BCUT2D eigenvalue weighted by Gasteiger charge is -2.35. The fraction of sp³-hybridized carbons (Fsp3) is 0.179. The minimum atomic E-state index is -1.93. The molecule has 4 heterocycles. The van der Waals surface area contributed by atoms with Gasteiger partial charge in [-0.2, -0.15) is 5.26 Å². The summed E-state index contributed by atoms with van der Waals surface area (Å²) in [6, 6.07) is 15.8. The molecule has 0 unspecified atom stereocenters. The molecule has 2 aromatic heterocycles. The fourth-order valence-corrected chi connectivity index (χ4v) is 5.28. The Morgan fingerprint density at radius 3 is 2.77 bits per heavy atom. The number of pyridine rings is 2. The molecule has 39 heavy (non-hydrogen) atoms. The highest BCUT2D eigenvalue weighted by molar-refractivity contribution is 5.96. The maximum atomic E-state index is 13.7. The molecule has 192 valence electrons. The predicted molar refractivity (Wildman–Crippen MR) is 136 cm³/mol. The standard InChI is InChI=1S/C28H18N4O7/c1-2-28(39-26(34)17-7-4-3-6-15(17)12-29)20-11-23-24-16(13-31(23)25(33)19(20)14-38-27(28)35)10-18-21(30-24)8-5-9-22(18)32(36)37/h3-11H,2,13-14H2,1H3/t28-/m0/s1. The number of hydrogen-bond donors (Lipinski definition) is 0. The molecule has 2 aliphatic heterocycles. The number of ether oxygens (including phenoxy) is 2. The molecule has 0 spiro atoms. The molecule has 0 saturated heterocycles. The van der Waals surface area contributed by atoms with Gasteiger partial charge in [0.25, 0.3) is 11.2 Å². The molecular formula is C28H18N4O7. The van der Waals surface area contributed by atoms with Crippen LogP contribution in [0.2, 0.25) is 0 Å². The number of carbonyl (C=O) groups is 2. The Morgan fingerprint density at radius 2 is 2.03 bits per heavy atom. The minimum absolute atomic E-state index is 0.0225. The summed E-state index contributed by atoms with van der Waals surface area (Å²) >= 11 is 0. The number of aromatic nitrogens is 2. The number of non-ortho nitro benzene ring substituents is 1. The van der Waals surface area contributed by atoms with Crippen LogP contribution >= 0.6 is 0 Å². The van der Waals surface area contributed by atoms with E-state index in [2.05, 4.69) is 4.98 Å². The largest absolute Gasteiger partial charge is 0.457 e. The zero-order valence-electron chi connectivity index (χ0n) is 20.5. The quantitative estimate of drug-likeness (QED) is 0.195. The number of hydrogen-bond acceptors (Lipinski definition) is 9. The van der Waals surface area contributed by atoms with Gasteiger partial charge >= 0.3 is 11.9 Å². The van der Waals surface area contributed by atoms with Crippen molar-refractivity contribution < 1.29 is 24.0 Å². The molecule has 0 fully saturated rings. The number of carbonyl (C=O) groups excluding carboxylic acids is 2. The van der Waals surface area contributed by atoms with Crippen LogP contribution in [0.1, 0.15) is 46.0 Å². The van der Waals surface area contributed by atoms with Gasteiger partial charge in [-0.25, -0.2) is 14.6 Å². The normalized spacial score (nSPS) is 17.0. The molecule has 1 atom stereocenters. The van der Waals surface area contributed by atoms with Crippen molar-refractivity contribution in [3.8, 4) is 17.5 Å². The highest BCUT2D eigenvalue weighted by atomic mass is 16.6. The minimum Gasteiger partial charge on any atom is -0.457 e. The van der Waals surface area contributed by atoms with E-state index in [0.29, 0.717) is 27.9 Å². The molecule has 4 aromatic rings. The van der Waals surface area contributed by atoms with Crippen molar-refractivity contribution in [2.75, 3.05) is 0 Å². The molecule has 11 nitrogen and oxygen atoms in total. The zero-order chi connectivity index (χ0) is 27.5. The first-order valence-corrected chi connectivity index (χ1v) is 12.0. The molecule has 0 N–H and O–H groups in total. The summed E-state index contributed by atoms with van der Waals surface area (Å²) in [7, 11) is 0. The van der Waals surface area contributed by atoms with Gasteiger partial charge in [0.1, 0.15) is 12.7 Å². The molecule has 6 rings (SSSR count). The molecule has 0 amide bonds. The molecule has 0 saturated carbocycles. The third-order valence-corrected chi connectivity index (χ3v) is 7.23. The average molecular weight is 522 g/mol. The van der Waals surface area contributed by atoms with E-state index in [1.54, 1.807) is 37.3 Å². The van der Waals surface area contributed by atoms with Gasteiger partial charge in [-0.05, 0) is 36.8 Å². The predicted octanol–water partition coefficient (Wildman–Crippen LogP) is 3.72. The lowest BCUT2D eigenvalue weighted by Crippen LogP contribution is -2.47. The second-order valence-corrected chi connectivity index (χ2v) is 9.21. The van der Waals surface area contributed by atoms with Gasteiger partial charge < -0.3 is 14.0 Å². The van der Waals surface area contributed by atoms with E-state index in [1.807, 2.05) is 6.07 Å². The van der Waals surface area contributed by atoms with Crippen molar-refractivity contribution in [1.82, 2.24) is 9.55 Å². The first-order chi connectivity index (χ1) is 18.8. The van der Waals surface area contributed by atoms with E-state index in [4.69, 9.17) is 9.47 Å². The van der Waals surface area contributed by atoms with Crippen LogP contribution in [0, 0.1) is 21.4 Å². The van der Waals surface area contributed by atoms with Crippen molar-refractivity contribution in [1.29, 1.82) is 5.26 Å². The van der Waals surface area contributed by atoms with Crippen LogP contribution in [0.4, 0.5) is 5.69 Å². The second kappa shape index (κ2) is 8.59. The van der Waals surface area contributed by atoms with Gasteiger partial charge in [0.15, 0.2) is 0 Å². The summed E-state index contributed by atoms with van der Waals surface area (Å²) in [5.41, 5.74) is -0.267. The maximum absolute atomic E-state index is 13.7. The molecular weight excluding hydrogens is 504 g/mol. The summed E-state index contributed by atoms with van der Waals surface area (Å²) < 4.78 is 12.6. The van der Waals surface area contributed by atoms with Crippen molar-refractivity contribution in [3.63, 3.8) is 0 Å². The monoisotopic (exact) mass is 522 g/mol. The fourth-order valence-electron chi connectivity index (χ4n) is 5.28. The van der Waals surface area contributed by atoms with Gasteiger partial charge in [0.05, 0.1) is 50.4 Å². The summed E-state index contributed by atoms with van der Waals surface area (Å²) in [5.74, 6) is -1.74. The van der Waals surface area contributed by atoms with Crippen LogP contribution < -0.4 is 5.56 Å². The van der Waals surface area contributed by atoms with Gasteiger partial charge in [0.2, 0.25) is 5.60 Å². The third kappa shape index (κ3) is 3.42. The van der Waals surface area contributed by atoms with Crippen molar-refractivity contribution in [3.05, 3.63) is 103 Å². The Bertz CT molecular complexity index is 1870. The Balaban J connectivity index is 1.53. The smallest absolute Gasteiger partial charge is 0.355 e. The van der Waals surface area contributed by atoms with Gasteiger partial charge in [-0.1, -0.05) is 25.1 Å². The van der Waals surface area contributed by atoms with Crippen LogP contribution in [-0.2, 0) is 33.0 Å². The number of cyclic esters (lactones) is 1. The number of esters is 2. The topological polar surface area (TPSA) is 154 Å². The molecule has 2 aromatic carbocycles. The van der Waals surface area contributed by atoms with E-state index in [0.717, 1.165) is 0 Å². The SMILES string of the molecule is CC[C@@]1(OC(=O)c2ccccc2C#N)C(=O)OCc2c1cc1n(c2=O)Cc2cc3c([N+](=O)[O-])cccc3nc2-1.